The lowest BCUT2D eigenvalue weighted by Crippen LogP contribution is -2.58. The van der Waals surface area contributed by atoms with Crippen LogP contribution in [0.1, 0.15) is 316 Å². The van der Waals surface area contributed by atoms with Gasteiger partial charge in [-0.1, -0.05) is 239 Å². The third-order valence-corrected chi connectivity index (χ3v) is 16.9. The van der Waals surface area contributed by atoms with E-state index in [9.17, 15) is 63.3 Å². The molecule has 0 aromatic rings. The van der Waals surface area contributed by atoms with Crippen LogP contribution in [0.5, 0.6) is 0 Å². The Morgan fingerprint density at radius 1 is 0.330 bits per heavy atom. The topological polar surface area (TPSA) is 318 Å². The Labute approximate surface area is 532 Å². The van der Waals surface area contributed by atoms with Gasteiger partial charge in [0.1, 0.15) is 36.9 Å². The van der Waals surface area contributed by atoms with Gasteiger partial charge in [-0.15, -0.1) is 0 Å². The predicted octanol–water partition coefficient (Wildman–Crippen LogP) is 13.5. The van der Waals surface area contributed by atoms with Gasteiger partial charge in [0.25, 0.3) is 0 Å². The minimum absolute atomic E-state index is 0.0434. The van der Waals surface area contributed by atoms with Gasteiger partial charge in [0.2, 0.25) is 23.6 Å². The molecular formula is C67H120N4O16S. The highest BCUT2D eigenvalue weighted by Crippen LogP contribution is 2.19. The second-order valence-electron chi connectivity index (χ2n) is 24.0. The Morgan fingerprint density at radius 2 is 0.625 bits per heavy atom. The summed E-state index contributed by atoms with van der Waals surface area (Å²) in [5.41, 5.74) is 0. The third-order valence-electron chi connectivity index (χ3n) is 15.8. The Hall–Kier alpha value is -4.95. The minimum Gasteiger partial charge on any atom is -0.481 e. The molecule has 21 heteroatoms. The summed E-state index contributed by atoms with van der Waals surface area (Å²) in [5.74, 6) is -10.3. The van der Waals surface area contributed by atoms with Crippen LogP contribution in [0, 0.1) is 0 Å². The van der Waals surface area contributed by atoms with Crippen molar-refractivity contribution in [2.75, 3.05) is 18.1 Å². The second kappa shape index (κ2) is 58.4. The van der Waals surface area contributed by atoms with Crippen LogP contribution in [-0.4, -0.2) is 128 Å². The lowest BCUT2D eigenvalue weighted by Gasteiger charge is -2.26. The summed E-state index contributed by atoms with van der Waals surface area (Å²) in [6.07, 6.45) is 37.5. The molecule has 20 nitrogen and oxygen atoms in total. The first-order chi connectivity index (χ1) is 42.4. The van der Waals surface area contributed by atoms with Crippen molar-refractivity contribution in [1.29, 1.82) is 0 Å². The lowest BCUT2D eigenvalue weighted by atomic mass is 10.0. The molecule has 510 valence electrons. The number of carboxylic acid groups (broad SMARTS) is 4. The molecule has 0 aromatic carbocycles. The summed E-state index contributed by atoms with van der Waals surface area (Å²) in [7, 11) is 0. The van der Waals surface area contributed by atoms with E-state index >= 15 is 0 Å². The number of ether oxygens (including phenoxy) is 2. The van der Waals surface area contributed by atoms with E-state index in [4.69, 9.17) is 14.6 Å². The normalized spacial score (nSPS) is 12.9. The number of carbonyl (C=O) groups excluding carboxylic acids is 6. The molecule has 0 rings (SSSR count). The summed E-state index contributed by atoms with van der Waals surface area (Å²) < 4.78 is 11.6. The van der Waals surface area contributed by atoms with E-state index in [0.717, 1.165) is 88.8 Å². The molecule has 0 aliphatic heterocycles. The zero-order valence-corrected chi connectivity index (χ0v) is 55.4. The number of rotatable bonds is 64. The monoisotopic (exact) mass is 1270 g/mol. The second-order valence-corrected chi connectivity index (χ2v) is 25.1. The molecule has 5 atom stereocenters. The summed E-state index contributed by atoms with van der Waals surface area (Å²) in [6.45, 7) is 6.39. The summed E-state index contributed by atoms with van der Waals surface area (Å²) in [5, 5.41) is 47.6. The van der Waals surface area contributed by atoms with Gasteiger partial charge in [-0.05, 0) is 38.5 Å². The van der Waals surface area contributed by atoms with E-state index in [1.54, 1.807) is 0 Å². The zero-order chi connectivity index (χ0) is 65.3. The fourth-order valence-electron chi connectivity index (χ4n) is 10.3. The number of carboxylic acids is 4. The smallest absolute Gasteiger partial charge is 0.326 e. The van der Waals surface area contributed by atoms with Crippen molar-refractivity contribution < 1.29 is 77.8 Å². The first-order valence-electron chi connectivity index (χ1n) is 34.4. The molecule has 0 saturated heterocycles. The quantitative estimate of drug-likeness (QED) is 0.0207. The lowest BCUT2D eigenvalue weighted by molar-refractivity contribution is -0.157. The van der Waals surface area contributed by atoms with E-state index in [2.05, 4.69) is 42.0 Å². The number of aliphatic carboxylic acids is 4. The maximum Gasteiger partial charge on any atom is 0.326 e. The third kappa shape index (κ3) is 51.9. The van der Waals surface area contributed by atoms with Gasteiger partial charge in [-0.2, -0.15) is 11.8 Å². The van der Waals surface area contributed by atoms with Crippen LogP contribution in [0.4, 0.5) is 0 Å². The van der Waals surface area contributed by atoms with Gasteiger partial charge < -0.3 is 51.2 Å². The highest BCUT2D eigenvalue weighted by Gasteiger charge is 2.33. The largest absolute Gasteiger partial charge is 0.481 e. The maximum atomic E-state index is 14.3. The van der Waals surface area contributed by atoms with Gasteiger partial charge in [-0.25, -0.2) is 4.79 Å². The van der Waals surface area contributed by atoms with Crippen molar-refractivity contribution in [3.8, 4) is 0 Å². The molecule has 0 bridgehead atoms. The number of hydrogen-bond donors (Lipinski definition) is 8. The number of nitrogens with one attached hydrogen (secondary N) is 4. The average molecular weight is 1270 g/mol. The summed E-state index contributed by atoms with van der Waals surface area (Å²) >= 11 is 1.12. The number of hydrogen-bond acceptors (Lipinski definition) is 13. The van der Waals surface area contributed by atoms with Crippen molar-refractivity contribution in [3.05, 3.63) is 0 Å². The van der Waals surface area contributed by atoms with Crippen LogP contribution in [0.3, 0.4) is 0 Å². The van der Waals surface area contributed by atoms with Crippen LogP contribution in [0.15, 0.2) is 0 Å². The van der Waals surface area contributed by atoms with Crippen molar-refractivity contribution in [2.24, 2.45) is 0 Å². The molecule has 4 amide bonds. The van der Waals surface area contributed by atoms with E-state index in [1.807, 2.05) is 0 Å². The summed E-state index contributed by atoms with van der Waals surface area (Å²) in [6, 6.07) is -6.46. The molecule has 0 spiro atoms. The van der Waals surface area contributed by atoms with Crippen LogP contribution < -0.4 is 21.3 Å². The van der Waals surface area contributed by atoms with E-state index in [1.165, 1.54) is 141 Å². The molecule has 0 aliphatic carbocycles. The van der Waals surface area contributed by atoms with Crippen molar-refractivity contribution in [1.82, 2.24) is 21.3 Å². The summed E-state index contributed by atoms with van der Waals surface area (Å²) in [4.78, 5) is 128. The molecule has 0 radical (unpaired) electrons. The first kappa shape index (κ1) is 83.1. The fourth-order valence-corrected chi connectivity index (χ4v) is 11.4. The number of thioether (sulfide) groups is 1. The Bertz CT molecular complexity index is 1890. The van der Waals surface area contributed by atoms with Gasteiger partial charge >= 0.3 is 35.8 Å². The van der Waals surface area contributed by atoms with E-state index < -0.39 is 128 Å². The zero-order valence-electron chi connectivity index (χ0n) is 54.6. The number of esters is 2. The molecule has 0 fully saturated rings. The molecule has 88 heavy (non-hydrogen) atoms. The standard InChI is InChI=1S/C67H120N4O16S/c1-4-7-10-13-16-19-22-24-27-30-33-36-39-42-62(79)86-50-53(87-63(80)43-40-37-34-31-28-25-23-20-17-14-11-8-5-2)51-88-52-57(68-58(72)41-38-35-32-29-26-21-18-15-12-9-6-3)66(83)70-54(44-47-59(73)74)64(81)69-55(45-48-60(75)76)65(82)71-56(67(84)85)46-49-61(77)78/h53-57H,4-52H2,1-3H3,(H,68,72)(H,69,81)(H,70,83)(H,71,82)(H,73,74)(H,75,76)(H,77,78)(H,84,85)/t53-,54-,55+,56+,57?/m1/s1. The average Bonchev–Trinajstić information content (AvgIpc) is 3.69. The fraction of sp³-hybridized carbons (Fsp3) is 0.851. The maximum absolute atomic E-state index is 14.3. The van der Waals surface area contributed by atoms with Gasteiger partial charge in [0, 0.05) is 50.0 Å². The van der Waals surface area contributed by atoms with Crippen molar-refractivity contribution in [2.45, 2.75) is 346 Å². The van der Waals surface area contributed by atoms with Crippen LogP contribution in [0.2, 0.25) is 0 Å². The SMILES string of the molecule is CCCCCCCCCCCCCCCC(=O)OC[C@H](CSCC(NC(=O)CCCCCCCCCCCCC)C(=O)N[C@H](CCC(=O)O)C(=O)N[C@@H](CCC(=O)O)C(=O)N[C@@H](CCC(=O)O)C(=O)O)OC(=O)CCCCCCCCCCCCCCC. The highest BCUT2D eigenvalue weighted by atomic mass is 32.2. The molecular weight excluding hydrogens is 1150 g/mol. The number of amides is 4. The Balaban J connectivity index is 6.28. The molecule has 0 aliphatic rings. The molecule has 8 N–H and O–H groups in total. The molecule has 0 aromatic heterocycles. The Morgan fingerprint density at radius 3 is 0.966 bits per heavy atom. The van der Waals surface area contributed by atoms with E-state index in [0.29, 0.717) is 19.3 Å². The first-order valence-corrected chi connectivity index (χ1v) is 35.6. The molecule has 1 unspecified atom stereocenters. The minimum atomic E-state index is -1.73. The number of carbonyl (C=O) groups is 10. The van der Waals surface area contributed by atoms with Crippen molar-refractivity contribution in [3.63, 3.8) is 0 Å². The van der Waals surface area contributed by atoms with Gasteiger partial charge in [-0.3, -0.25) is 43.2 Å². The predicted molar refractivity (Wildman–Crippen MR) is 346 cm³/mol. The van der Waals surface area contributed by atoms with Crippen LogP contribution >= 0.6 is 11.8 Å². The Kier molecular flexibility index (Phi) is 55.1. The number of unbranched alkanes of at least 4 members (excludes halogenated alkanes) is 34. The van der Waals surface area contributed by atoms with E-state index in [-0.39, 0.29) is 37.4 Å². The van der Waals surface area contributed by atoms with Crippen LogP contribution in [0.25, 0.3) is 0 Å². The van der Waals surface area contributed by atoms with Crippen LogP contribution in [-0.2, 0) is 57.4 Å². The highest BCUT2D eigenvalue weighted by molar-refractivity contribution is 7.99. The molecule has 0 saturated carbocycles. The van der Waals surface area contributed by atoms with Gasteiger partial charge in [0.15, 0.2) is 0 Å². The molecule has 0 heterocycles. The van der Waals surface area contributed by atoms with Gasteiger partial charge in [0.05, 0.1) is 0 Å². The van der Waals surface area contributed by atoms with Crippen molar-refractivity contribution >= 4 is 71.2 Å².